The summed E-state index contributed by atoms with van der Waals surface area (Å²) in [5, 5.41) is 0.184. The second-order valence-electron chi connectivity index (χ2n) is 6.97. The van der Waals surface area contributed by atoms with E-state index in [-0.39, 0.29) is 11.0 Å². The summed E-state index contributed by atoms with van der Waals surface area (Å²) in [7, 11) is -0.175. The Hall–Kier alpha value is -1.59. The lowest BCUT2D eigenvalue weighted by molar-refractivity contribution is -0.131. The molecule has 0 heterocycles. The Morgan fingerprint density at radius 1 is 1.26 bits per heavy atom. The van der Waals surface area contributed by atoms with Gasteiger partial charge in [0.15, 0.2) is 8.32 Å². The van der Waals surface area contributed by atoms with Gasteiger partial charge < -0.3 is 13.9 Å². The quantitative estimate of drug-likeness (QED) is 0.431. The lowest BCUT2D eigenvalue weighted by Crippen LogP contribution is -2.40. The highest BCUT2D eigenvalue weighted by Gasteiger charge is 2.36. The van der Waals surface area contributed by atoms with Gasteiger partial charge in [0.25, 0.3) is 0 Å². The van der Waals surface area contributed by atoms with Crippen molar-refractivity contribution in [1.82, 2.24) is 0 Å². The number of esters is 1. The van der Waals surface area contributed by atoms with Crippen LogP contribution in [0.3, 0.4) is 0 Å². The van der Waals surface area contributed by atoms with E-state index in [1.165, 1.54) is 6.92 Å². The van der Waals surface area contributed by atoms with Gasteiger partial charge in [-0.1, -0.05) is 32.9 Å². The predicted octanol–water partition coefficient (Wildman–Crippen LogP) is 4.66. The number of benzene rings is 1. The van der Waals surface area contributed by atoms with Gasteiger partial charge in [-0.25, -0.2) is 0 Å². The van der Waals surface area contributed by atoms with Gasteiger partial charge in [-0.2, -0.15) is 0 Å². The number of carbonyl (C=O) groups excluding carboxylic acids is 1. The van der Waals surface area contributed by atoms with Crippen LogP contribution in [0.2, 0.25) is 18.1 Å². The van der Waals surface area contributed by atoms with Gasteiger partial charge in [0.2, 0.25) is 0 Å². The Balaban J connectivity index is 2.82. The van der Waals surface area contributed by atoms with E-state index in [1.807, 2.05) is 24.3 Å². The van der Waals surface area contributed by atoms with Crippen molar-refractivity contribution >= 4 is 20.4 Å². The van der Waals surface area contributed by atoms with E-state index in [2.05, 4.69) is 33.9 Å². The third-order valence-corrected chi connectivity index (χ3v) is 8.62. The second kappa shape index (κ2) is 7.79. The number of hydrogen-bond acceptors (Lipinski definition) is 4. The van der Waals surface area contributed by atoms with Crippen molar-refractivity contribution in [3.63, 3.8) is 0 Å². The molecule has 0 N–H and O–H groups in total. The van der Waals surface area contributed by atoms with Crippen molar-refractivity contribution in [2.75, 3.05) is 13.7 Å². The SMILES string of the molecule is COc1ccc(/C=C\CO[Si](C)(C)C(C)(C)C)c(OC(C)=O)c1. The van der Waals surface area contributed by atoms with Crippen LogP contribution in [0, 0.1) is 0 Å². The number of hydrogen-bond donors (Lipinski definition) is 0. The lowest BCUT2D eigenvalue weighted by Gasteiger charge is -2.35. The zero-order valence-corrected chi connectivity index (χ0v) is 16.2. The molecule has 0 radical (unpaired) electrons. The third-order valence-electron chi connectivity index (χ3n) is 4.12. The van der Waals surface area contributed by atoms with Gasteiger partial charge in [-0.15, -0.1) is 0 Å². The van der Waals surface area contributed by atoms with E-state index in [0.29, 0.717) is 18.1 Å². The van der Waals surface area contributed by atoms with Crippen LogP contribution < -0.4 is 9.47 Å². The molecule has 1 aromatic rings. The molecule has 0 spiro atoms. The highest BCUT2D eigenvalue weighted by atomic mass is 28.4. The van der Waals surface area contributed by atoms with Crippen LogP contribution in [0.1, 0.15) is 33.3 Å². The third kappa shape index (κ3) is 5.84. The first-order valence-corrected chi connectivity index (χ1v) is 10.6. The topological polar surface area (TPSA) is 44.8 Å². The van der Waals surface area contributed by atoms with Crippen LogP contribution in [-0.4, -0.2) is 28.0 Å². The molecule has 4 nitrogen and oxygen atoms in total. The van der Waals surface area contributed by atoms with Crippen LogP contribution in [0.5, 0.6) is 11.5 Å². The number of methoxy groups -OCH3 is 1. The van der Waals surface area contributed by atoms with E-state index >= 15 is 0 Å². The van der Waals surface area contributed by atoms with Gasteiger partial charge in [0.05, 0.1) is 13.7 Å². The average Bonchev–Trinajstić information content (AvgIpc) is 2.42. The molecule has 0 aliphatic heterocycles. The van der Waals surface area contributed by atoms with Crippen molar-refractivity contribution < 1.29 is 18.7 Å². The molecule has 0 amide bonds. The van der Waals surface area contributed by atoms with Gasteiger partial charge >= 0.3 is 5.97 Å². The monoisotopic (exact) mass is 336 g/mol. The number of carbonyl (C=O) groups is 1. The first-order chi connectivity index (χ1) is 10.6. The fraction of sp³-hybridized carbons (Fsp3) is 0.500. The van der Waals surface area contributed by atoms with Crippen molar-refractivity contribution in [3.05, 3.63) is 29.8 Å². The van der Waals surface area contributed by atoms with Crippen LogP contribution in [0.4, 0.5) is 0 Å². The lowest BCUT2D eigenvalue weighted by atomic mass is 10.2. The Morgan fingerprint density at radius 2 is 1.91 bits per heavy atom. The normalized spacial score (nSPS) is 12.5. The average molecular weight is 337 g/mol. The molecule has 0 fully saturated rings. The first-order valence-electron chi connectivity index (χ1n) is 7.74. The number of ether oxygens (including phenoxy) is 2. The van der Waals surface area contributed by atoms with Gasteiger partial charge in [-0.3, -0.25) is 4.79 Å². The zero-order valence-electron chi connectivity index (χ0n) is 15.2. The van der Waals surface area contributed by atoms with Gasteiger partial charge in [0, 0.05) is 18.6 Å². The molecule has 1 aromatic carbocycles. The summed E-state index contributed by atoms with van der Waals surface area (Å²) < 4.78 is 16.5. The van der Waals surface area contributed by atoms with E-state index in [4.69, 9.17) is 13.9 Å². The fourth-order valence-corrected chi connectivity index (χ4v) is 2.62. The summed E-state index contributed by atoms with van der Waals surface area (Å²) in [5.74, 6) is 0.779. The highest BCUT2D eigenvalue weighted by molar-refractivity contribution is 6.74. The summed E-state index contributed by atoms with van der Waals surface area (Å²) >= 11 is 0. The summed E-state index contributed by atoms with van der Waals surface area (Å²) in [4.78, 5) is 11.2. The van der Waals surface area contributed by atoms with Gasteiger partial charge in [-0.05, 0) is 30.3 Å². The molecule has 0 aliphatic carbocycles. The van der Waals surface area contributed by atoms with E-state index in [1.54, 1.807) is 13.2 Å². The Kier molecular flexibility index (Phi) is 6.59. The minimum absolute atomic E-state index is 0.184. The molecule has 0 atom stereocenters. The molecule has 0 aliphatic rings. The van der Waals surface area contributed by atoms with Gasteiger partial charge in [0.1, 0.15) is 11.5 Å². The van der Waals surface area contributed by atoms with Crippen LogP contribution >= 0.6 is 0 Å². The van der Waals surface area contributed by atoms with Crippen molar-refractivity contribution in [1.29, 1.82) is 0 Å². The minimum atomic E-state index is -1.75. The van der Waals surface area contributed by atoms with Crippen molar-refractivity contribution in [3.8, 4) is 11.5 Å². The summed E-state index contributed by atoms with van der Waals surface area (Å²) in [6.45, 7) is 13.0. The molecular formula is C18H28O4Si. The maximum atomic E-state index is 11.2. The first kappa shape index (κ1) is 19.5. The summed E-state index contributed by atoms with van der Waals surface area (Å²) in [5.41, 5.74) is 0.819. The highest BCUT2D eigenvalue weighted by Crippen LogP contribution is 2.36. The standard InChI is InChI=1S/C18H28O4Si/c1-14(19)22-17-13-16(20-5)11-10-15(17)9-8-12-21-23(6,7)18(2,3)4/h8-11,13H,12H2,1-7H3/b9-8-. The minimum Gasteiger partial charge on any atom is -0.497 e. The smallest absolute Gasteiger partial charge is 0.308 e. The number of rotatable bonds is 6. The predicted molar refractivity (Wildman–Crippen MR) is 96.5 cm³/mol. The summed E-state index contributed by atoms with van der Waals surface area (Å²) in [6.07, 6.45) is 3.86. The molecule has 23 heavy (non-hydrogen) atoms. The molecule has 128 valence electrons. The van der Waals surface area contributed by atoms with E-state index in [9.17, 15) is 4.79 Å². The molecule has 0 bridgehead atoms. The van der Waals surface area contributed by atoms with Crippen molar-refractivity contribution in [2.45, 2.75) is 45.8 Å². The summed E-state index contributed by atoms with van der Waals surface area (Å²) in [6, 6.07) is 5.40. The molecule has 0 aromatic heterocycles. The molecule has 1 rings (SSSR count). The molecule has 5 heteroatoms. The zero-order chi connectivity index (χ0) is 17.7. The maximum absolute atomic E-state index is 11.2. The molecule has 0 saturated heterocycles. The molecular weight excluding hydrogens is 308 g/mol. The van der Waals surface area contributed by atoms with Crippen molar-refractivity contribution in [2.24, 2.45) is 0 Å². The largest absolute Gasteiger partial charge is 0.497 e. The van der Waals surface area contributed by atoms with E-state index < -0.39 is 8.32 Å². The Bertz CT molecular complexity index is 571. The van der Waals surface area contributed by atoms with Crippen LogP contribution in [-0.2, 0) is 9.22 Å². The Labute approximate surface area is 140 Å². The van der Waals surface area contributed by atoms with Crippen LogP contribution in [0.25, 0.3) is 6.08 Å². The fourth-order valence-electron chi connectivity index (χ4n) is 1.67. The molecule has 0 saturated carbocycles. The van der Waals surface area contributed by atoms with Crippen LogP contribution in [0.15, 0.2) is 24.3 Å². The second-order valence-corrected chi connectivity index (χ2v) is 11.8. The Morgan fingerprint density at radius 3 is 2.43 bits per heavy atom. The molecule has 0 unspecified atom stereocenters. The maximum Gasteiger partial charge on any atom is 0.308 e. The van der Waals surface area contributed by atoms with E-state index in [0.717, 1.165) is 5.56 Å².